The molecule has 1 aromatic heterocycles. The minimum absolute atomic E-state index is 0.400. The molecule has 0 aliphatic heterocycles. The summed E-state index contributed by atoms with van der Waals surface area (Å²) in [5.74, 6) is 1.24. The van der Waals surface area contributed by atoms with Gasteiger partial charge in [-0.2, -0.15) is 0 Å². The number of hydrogen-bond acceptors (Lipinski definition) is 3. The van der Waals surface area contributed by atoms with Crippen molar-refractivity contribution in [1.29, 1.82) is 0 Å². The van der Waals surface area contributed by atoms with Crippen molar-refractivity contribution in [2.75, 3.05) is 7.11 Å². The quantitative estimate of drug-likeness (QED) is 0.909. The summed E-state index contributed by atoms with van der Waals surface area (Å²) in [5.41, 5.74) is 0.851. The first kappa shape index (κ1) is 12.0. The molecule has 0 aliphatic rings. The van der Waals surface area contributed by atoms with Crippen LogP contribution in [0.3, 0.4) is 0 Å². The molecule has 2 aromatic rings. The highest BCUT2D eigenvalue weighted by Crippen LogP contribution is 2.27. The van der Waals surface area contributed by atoms with E-state index in [4.69, 9.17) is 20.8 Å². The van der Waals surface area contributed by atoms with Crippen molar-refractivity contribution in [2.45, 2.75) is 12.5 Å². The maximum absolute atomic E-state index is 9.98. The lowest BCUT2D eigenvalue weighted by molar-refractivity contribution is 0.149. The molecule has 0 saturated heterocycles. The van der Waals surface area contributed by atoms with Crippen molar-refractivity contribution in [3.8, 4) is 5.75 Å². The molecule has 0 bridgehead atoms. The Morgan fingerprint density at radius 2 is 2.24 bits per heavy atom. The maximum Gasteiger partial charge on any atom is 0.132 e. The number of aliphatic hydroxyl groups is 1. The fourth-order valence-corrected chi connectivity index (χ4v) is 1.89. The summed E-state index contributed by atoms with van der Waals surface area (Å²) in [7, 11) is 1.59. The Morgan fingerprint density at radius 3 is 2.88 bits per heavy atom. The molecule has 0 saturated carbocycles. The number of halogens is 1. The normalized spacial score (nSPS) is 12.4. The summed E-state index contributed by atoms with van der Waals surface area (Å²) < 4.78 is 10.4. The molecule has 0 radical (unpaired) electrons. The minimum Gasteiger partial charge on any atom is -0.496 e. The van der Waals surface area contributed by atoms with Gasteiger partial charge in [-0.3, -0.25) is 0 Å². The van der Waals surface area contributed by atoms with Crippen LogP contribution in [0.4, 0.5) is 0 Å². The van der Waals surface area contributed by atoms with Crippen LogP contribution in [-0.4, -0.2) is 12.2 Å². The molecule has 1 atom stereocenters. The van der Waals surface area contributed by atoms with E-state index in [-0.39, 0.29) is 0 Å². The molecule has 1 aromatic carbocycles. The van der Waals surface area contributed by atoms with Gasteiger partial charge in [-0.1, -0.05) is 11.6 Å². The Labute approximate surface area is 105 Å². The van der Waals surface area contributed by atoms with Crippen LogP contribution < -0.4 is 4.74 Å². The molecule has 0 aliphatic carbocycles. The van der Waals surface area contributed by atoms with E-state index in [2.05, 4.69) is 0 Å². The highest BCUT2D eigenvalue weighted by Gasteiger charge is 2.14. The largest absolute Gasteiger partial charge is 0.496 e. The number of benzene rings is 1. The second-order valence-corrected chi connectivity index (χ2v) is 4.13. The first-order valence-corrected chi connectivity index (χ1v) is 5.62. The van der Waals surface area contributed by atoms with E-state index in [0.717, 1.165) is 5.56 Å². The van der Waals surface area contributed by atoms with Gasteiger partial charge in [-0.25, -0.2) is 0 Å². The Hall–Kier alpha value is -1.45. The summed E-state index contributed by atoms with van der Waals surface area (Å²) in [5, 5.41) is 10.6. The highest BCUT2D eigenvalue weighted by molar-refractivity contribution is 6.30. The molecular formula is C13H13ClO3. The van der Waals surface area contributed by atoms with Crippen molar-refractivity contribution in [3.05, 3.63) is 52.9 Å². The first-order valence-electron chi connectivity index (χ1n) is 5.24. The molecule has 4 heteroatoms. The van der Waals surface area contributed by atoms with Crippen LogP contribution in [0, 0.1) is 0 Å². The van der Waals surface area contributed by atoms with Crippen molar-refractivity contribution < 1.29 is 14.3 Å². The zero-order valence-electron chi connectivity index (χ0n) is 9.39. The Bertz CT molecular complexity index is 479. The van der Waals surface area contributed by atoms with E-state index in [1.165, 1.54) is 6.26 Å². The van der Waals surface area contributed by atoms with E-state index < -0.39 is 6.10 Å². The van der Waals surface area contributed by atoms with E-state index in [0.29, 0.717) is 23.0 Å². The van der Waals surface area contributed by atoms with Gasteiger partial charge < -0.3 is 14.3 Å². The lowest BCUT2D eigenvalue weighted by Gasteiger charge is -2.12. The summed E-state index contributed by atoms with van der Waals surface area (Å²) in [6, 6.07) is 8.80. The molecule has 3 nitrogen and oxygen atoms in total. The summed E-state index contributed by atoms with van der Waals surface area (Å²) >= 11 is 5.92. The third-order valence-electron chi connectivity index (χ3n) is 2.53. The van der Waals surface area contributed by atoms with Crippen LogP contribution in [0.5, 0.6) is 5.75 Å². The topological polar surface area (TPSA) is 42.6 Å². The second-order valence-electron chi connectivity index (χ2n) is 3.69. The van der Waals surface area contributed by atoms with Gasteiger partial charge >= 0.3 is 0 Å². The number of hydrogen-bond donors (Lipinski definition) is 1. The summed E-state index contributed by atoms with van der Waals surface area (Å²) in [4.78, 5) is 0. The van der Waals surface area contributed by atoms with Crippen molar-refractivity contribution in [2.24, 2.45) is 0 Å². The van der Waals surface area contributed by atoms with Gasteiger partial charge in [0.25, 0.3) is 0 Å². The zero-order chi connectivity index (χ0) is 12.3. The number of furan rings is 1. The van der Waals surface area contributed by atoms with Gasteiger partial charge in [0.2, 0.25) is 0 Å². The Balaban J connectivity index is 2.20. The molecule has 1 N–H and O–H groups in total. The average Bonchev–Trinajstić information content (AvgIpc) is 2.83. The van der Waals surface area contributed by atoms with Crippen LogP contribution in [0.15, 0.2) is 41.0 Å². The Morgan fingerprint density at radius 1 is 1.41 bits per heavy atom. The van der Waals surface area contributed by atoms with Crippen LogP contribution in [0.2, 0.25) is 5.02 Å². The summed E-state index contributed by atoms with van der Waals surface area (Å²) in [6.07, 6.45) is 1.24. The van der Waals surface area contributed by atoms with E-state index in [1.807, 2.05) is 0 Å². The van der Waals surface area contributed by atoms with Gasteiger partial charge in [0, 0.05) is 11.4 Å². The summed E-state index contributed by atoms with van der Waals surface area (Å²) in [6.45, 7) is 0. The van der Waals surface area contributed by atoms with Crippen LogP contribution in [-0.2, 0) is 6.42 Å². The fourth-order valence-electron chi connectivity index (χ4n) is 1.70. The van der Waals surface area contributed by atoms with E-state index in [1.54, 1.807) is 37.4 Å². The molecule has 2 rings (SSSR count). The van der Waals surface area contributed by atoms with E-state index in [9.17, 15) is 5.11 Å². The third kappa shape index (κ3) is 2.81. The number of rotatable bonds is 4. The van der Waals surface area contributed by atoms with Crippen molar-refractivity contribution >= 4 is 11.6 Å². The van der Waals surface area contributed by atoms with Crippen LogP contribution in [0.1, 0.15) is 17.4 Å². The van der Waals surface area contributed by atoms with Gasteiger partial charge in [-0.05, 0) is 35.9 Å². The van der Waals surface area contributed by atoms with Gasteiger partial charge in [-0.15, -0.1) is 0 Å². The monoisotopic (exact) mass is 252 g/mol. The lowest BCUT2D eigenvalue weighted by atomic mass is 10.1. The molecule has 0 spiro atoms. The second kappa shape index (κ2) is 5.25. The average molecular weight is 253 g/mol. The van der Waals surface area contributed by atoms with Gasteiger partial charge in [0.1, 0.15) is 17.6 Å². The molecule has 1 unspecified atom stereocenters. The van der Waals surface area contributed by atoms with Crippen LogP contribution in [0.25, 0.3) is 0 Å². The Kier molecular flexibility index (Phi) is 3.71. The molecular weight excluding hydrogens is 240 g/mol. The van der Waals surface area contributed by atoms with Gasteiger partial charge in [0.05, 0.1) is 13.4 Å². The zero-order valence-corrected chi connectivity index (χ0v) is 10.1. The van der Waals surface area contributed by atoms with Gasteiger partial charge in [0.15, 0.2) is 0 Å². The number of aliphatic hydroxyl groups excluding tert-OH is 1. The van der Waals surface area contributed by atoms with Crippen molar-refractivity contribution in [3.63, 3.8) is 0 Å². The number of ether oxygens (including phenoxy) is 1. The molecule has 1 heterocycles. The standard InChI is InChI=1S/C13H13ClO3/c1-16-12-5-4-10(14)7-9(12)8-11(15)13-3-2-6-17-13/h2-7,11,15H,8H2,1H3. The maximum atomic E-state index is 9.98. The minimum atomic E-state index is -0.697. The lowest BCUT2D eigenvalue weighted by Crippen LogP contribution is -2.02. The molecule has 0 fully saturated rings. The van der Waals surface area contributed by atoms with Crippen molar-refractivity contribution in [1.82, 2.24) is 0 Å². The number of methoxy groups -OCH3 is 1. The highest BCUT2D eigenvalue weighted by atomic mass is 35.5. The molecule has 0 amide bonds. The first-order chi connectivity index (χ1) is 8.20. The molecule has 90 valence electrons. The smallest absolute Gasteiger partial charge is 0.132 e. The fraction of sp³-hybridized carbons (Fsp3) is 0.231. The predicted octanol–water partition coefficient (Wildman–Crippen LogP) is 3.22. The molecule has 17 heavy (non-hydrogen) atoms. The predicted molar refractivity (Wildman–Crippen MR) is 65.4 cm³/mol. The SMILES string of the molecule is COc1ccc(Cl)cc1CC(O)c1ccco1. The van der Waals surface area contributed by atoms with E-state index >= 15 is 0 Å². The third-order valence-corrected chi connectivity index (χ3v) is 2.76. The van der Waals surface area contributed by atoms with Crippen LogP contribution >= 0.6 is 11.6 Å².